The summed E-state index contributed by atoms with van der Waals surface area (Å²) in [7, 11) is 0. The predicted octanol–water partition coefficient (Wildman–Crippen LogP) is 9.30. The summed E-state index contributed by atoms with van der Waals surface area (Å²) >= 11 is 0. The molecule has 3 aliphatic rings. The summed E-state index contributed by atoms with van der Waals surface area (Å²) in [6, 6.07) is 0. The monoisotopic (exact) mass is 899 g/mol. The van der Waals surface area contributed by atoms with Crippen molar-refractivity contribution < 1.29 is 61.9 Å². The molecule has 0 bridgehead atoms. The molecule has 64 heavy (non-hydrogen) atoms. The van der Waals surface area contributed by atoms with Gasteiger partial charge in [-0.1, -0.05) is 85.8 Å². The summed E-state index contributed by atoms with van der Waals surface area (Å²) in [5.41, 5.74) is -0.785. The first-order chi connectivity index (χ1) is 30.0. The number of esters is 4. The molecule has 0 N–H and O–H groups in total. The van der Waals surface area contributed by atoms with Gasteiger partial charge in [0.15, 0.2) is 11.9 Å². The maximum absolute atomic E-state index is 13.7. The smallest absolute Gasteiger partial charge is 0.330 e. The average molecular weight is 899 g/mol. The SMILES string of the molecule is CCC(=O)[C@@H](C)[C@H](OC(C)=O)[C@@H](C)/C=C/C(=O)O[C@@H]1[C@H](C)[C@H](CC[C@H](/C=C/C=C/C[C@@H](C)[C@H](OC(C)=O)[C@@]2(C)OC=C(C)C2=O)CC)O[C@]2(CC[C@H](C)[C@H](C[C@@H](C)OC(C)=O)O2)[C@@H]1C. The van der Waals surface area contributed by atoms with E-state index < -0.39 is 59.4 Å². The highest BCUT2D eigenvalue weighted by Gasteiger charge is 2.56. The third kappa shape index (κ3) is 14.4. The molecule has 13 nitrogen and oxygen atoms in total. The molecular formula is C51H78O13. The number of ether oxygens (including phenoxy) is 7. The van der Waals surface area contributed by atoms with E-state index in [0.717, 1.165) is 19.3 Å². The highest BCUT2D eigenvalue weighted by atomic mass is 16.7. The van der Waals surface area contributed by atoms with Crippen LogP contribution in [0.5, 0.6) is 0 Å². The van der Waals surface area contributed by atoms with Crippen LogP contribution in [-0.4, -0.2) is 83.5 Å². The summed E-state index contributed by atoms with van der Waals surface area (Å²) < 4.78 is 42.8. The van der Waals surface area contributed by atoms with Crippen LogP contribution in [0.25, 0.3) is 0 Å². The molecule has 3 heterocycles. The predicted molar refractivity (Wildman–Crippen MR) is 242 cm³/mol. The van der Waals surface area contributed by atoms with Gasteiger partial charge in [-0.05, 0) is 64.7 Å². The maximum Gasteiger partial charge on any atom is 0.330 e. The van der Waals surface area contributed by atoms with Gasteiger partial charge in [-0.25, -0.2) is 4.79 Å². The van der Waals surface area contributed by atoms with Crippen LogP contribution in [0, 0.1) is 41.4 Å². The van der Waals surface area contributed by atoms with Gasteiger partial charge in [0.2, 0.25) is 11.4 Å². The molecule has 0 aromatic heterocycles. The van der Waals surface area contributed by atoms with E-state index in [9.17, 15) is 28.8 Å². The van der Waals surface area contributed by atoms with Crippen molar-refractivity contribution in [1.29, 1.82) is 0 Å². The second kappa shape index (κ2) is 24.4. The van der Waals surface area contributed by atoms with Crippen LogP contribution >= 0.6 is 0 Å². The number of carbonyl (C=O) groups is 6. The van der Waals surface area contributed by atoms with Gasteiger partial charge in [0.25, 0.3) is 0 Å². The Morgan fingerprint density at radius 3 is 2.11 bits per heavy atom. The number of hydrogen-bond acceptors (Lipinski definition) is 13. The van der Waals surface area contributed by atoms with Gasteiger partial charge in [0.1, 0.15) is 24.1 Å². The third-order valence-electron chi connectivity index (χ3n) is 13.6. The Bertz CT molecular complexity index is 1750. The fraction of sp³-hybridized carbons (Fsp3) is 0.725. The molecule has 1 spiro atoms. The molecule has 0 unspecified atom stereocenters. The van der Waals surface area contributed by atoms with Crippen molar-refractivity contribution in [1.82, 2.24) is 0 Å². The molecule has 15 atom stereocenters. The van der Waals surface area contributed by atoms with Crippen LogP contribution in [0.3, 0.4) is 0 Å². The van der Waals surface area contributed by atoms with E-state index in [0.29, 0.717) is 37.7 Å². The lowest BCUT2D eigenvalue weighted by atomic mass is 9.74. The molecule has 2 saturated heterocycles. The minimum absolute atomic E-state index is 0.0387. The van der Waals surface area contributed by atoms with E-state index in [1.807, 2.05) is 45.9 Å². The first-order valence-electron chi connectivity index (χ1n) is 23.5. The molecule has 0 aromatic rings. The molecule has 3 aliphatic heterocycles. The Labute approximate surface area is 382 Å². The van der Waals surface area contributed by atoms with Crippen molar-refractivity contribution in [3.05, 3.63) is 48.3 Å². The van der Waals surface area contributed by atoms with E-state index in [1.54, 1.807) is 40.7 Å². The molecule has 360 valence electrons. The average Bonchev–Trinajstić information content (AvgIpc) is 3.50. The lowest BCUT2D eigenvalue weighted by Gasteiger charge is -2.55. The van der Waals surface area contributed by atoms with Crippen LogP contribution < -0.4 is 0 Å². The van der Waals surface area contributed by atoms with E-state index >= 15 is 0 Å². The zero-order valence-corrected chi connectivity index (χ0v) is 41.0. The van der Waals surface area contributed by atoms with Crippen molar-refractivity contribution >= 4 is 35.4 Å². The fourth-order valence-corrected chi connectivity index (χ4v) is 9.59. The Morgan fingerprint density at radius 2 is 1.53 bits per heavy atom. The molecule has 0 saturated carbocycles. The summed E-state index contributed by atoms with van der Waals surface area (Å²) in [6.07, 6.45) is 14.7. The Kier molecular flexibility index (Phi) is 20.7. The number of carbonyl (C=O) groups excluding carboxylic acids is 6. The van der Waals surface area contributed by atoms with Gasteiger partial charge in [0.05, 0.1) is 24.4 Å². The van der Waals surface area contributed by atoms with Crippen LogP contribution in [0.2, 0.25) is 0 Å². The quantitative estimate of drug-likeness (QED) is 0.0437. The molecule has 0 amide bonds. The Balaban J connectivity index is 1.81. The number of ketones is 2. The first kappa shape index (κ1) is 54.2. The van der Waals surface area contributed by atoms with Crippen molar-refractivity contribution in [3.63, 3.8) is 0 Å². The Morgan fingerprint density at radius 1 is 0.891 bits per heavy atom. The fourth-order valence-electron chi connectivity index (χ4n) is 9.59. The molecule has 0 aliphatic carbocycles. The lowest BCUT2D eigenvalue weighted by Crippen LogP contribution is -2.62. The second-order valence-corrected chi connectivity index (χ2v) is 18.9. The highest BCUT2D eigenvalue weighted by molar-refractivity contribution is 6.03. The van der Waals surface area contributed by atoms with Crippen molar-refractivity contribution in [2.24, 2.45) is 41.4 Å². The van der Waals surface area contributed by atoms with Gasteiger partial charge < -0.3 is 33.2 Å². The number of Topliss-reactive ketones (excluding diaryl/α,β-unsaturated/α-hetero) is 2. The molecule has 3 rings (SSSR count). The first-order valence-corrected chi connectivity index (χ1v) is 23.5. The van der Waals surface area contributed by atoms with Crippen LogP contribution in [0.15, 0.2) is 48.3 Å². The van der Waals surface area contributed by atoms with Crippen LogP contribution in [0.1, 0.15) is 148 Å². The topological polar surface area (TPSA) is 167 Å². The Hall–Kier alpha value is -4.10. The molecule has 13 heteroatoms. The second-order valence-electron chi connectivity index (χ2n) is 18.9. The van der Waals surface area contributed by atoms with Crippen LogP contribution in [0.4, 0.5) is 0 Å². The summed E-state index contributed by atoms with van der Waals surface area (Å²) in [4.78, 5) is 75.0. The minimum Gasteiger partial charge on any atom is -0.483 e. The van der Waals surface area contributed by atoms with E-state index in [2.05, 4.69) is 19.9 Å². The summed E-state index contributed by atoms with van der Waals surface area (Å²) in [5.74, 6) is -4.51. The highest BCUT2D eigenvalue weighted by Crippen LogP contribution is 2.49. The largest absolute Gasteiger partial charge is 0.483 e. The summed E-state index contributed by atoms with van der Waals surface area (Å²) in [6.45, 7) is 24.8. The number of hydrogen-bond donors (Lipinski definition) is 0. The number of allylic oxidation sites excluding steroid dienone is 4. The lowest BCUT2D eigenvalue weighted by molar-refractivity contribution is -0.371. The maximum atomic E-state index is 13.7. The van der Waals surface area contributed by atoms with Gasteiger partial charge in [-0.15, -0.1) is 0 Å². The van der Waals surface area contributed by atoms with Gasteiger partial charge in [0, 0.05) is 75.4 Å². The number of rotatable bonds is 22. The van der Waals surface area contributed by atoms with Gasteiger partial charge in [-0.3, -0.25) is 24.0 Å². The van der Waals surface area contributed by atoms with E-state index in [4.69, 9.17) is 33.2 Å². The third-order valence-corrected chi connectivity index (χ3v) is 13.6. The molecule has 0 aromatic carbocycles. The molecule has 2 fully saturated rings. The van der Waals surface area contributed by atoms with Gasteiger partial charge in [-0.2, -0.15) is 0 Å². The minimum atomic E-state index is -1.27. The molecular weight excluding hydrogens is 821 g/mol. The zero-order valence-electron chi connectivity index (χ0n) is 41.0. The zero-order chi connectivity index (χ0) is 48.1. The van der Waals surface area contributed by atoms with E-state index in [-0.39, 0.29) is 65.4 Å². The van der Waals surface area contributed by atoms with Crippen molar-refractivity contribution in [3.8, 4) is 0 Å². The van der Waals surface area contributed by atoms with Gasteiger partial charge >= 0.3 is 23.9 Å². The van der Waals surface area contributed by atoms with Crippen molar-refractivity contribution in [2.75, 3.05) is 0 Å². The normalized spacial score (nSPS) is 30.5. The van der Waals surface area contributed by atoms with E-state index in [1.165, 1.54) is 33.1 Å². The molecule has 0 radical (unpaired) electrons. The van der Waals surface area contributed by atoms with Crippen molar-refractivity contribution in [2.45, 2.75) is 196 Å². The summed E-state index contributed by atoms with van der Waals surface area (Å²) in [5, 5.41) is 0. The standard InChI is InChI=1S/C51H78O13/c1-15-41(21-19-17-18-20-32(5)49(61-40(13)54)50(14)48(57)33(6)29-58-50)23-24-43-36(9)47(62-45(56)25-22-31(4)46(60-39(12)53)35(8)42(55)16-2)37(10)51(63-43)27-26-30(3)44(64-51)28-34(7)59-38(11)52/h17-19,21-22,25,29-32,34-37,41,43-44,46-47,49H,15-16,20,23-24,26-28H2,1-14H3/b18-17+,21-19+,25-22+/t30-,31-,32+,34+,35+,36+,37+,41-,43-,44-,46+,47+,49-,50-,51-/m0/s1. The van der Waals surface area contributed by atoms with Crippen LogP contribution in [-0.2, 0) is 61.9 Å².